The molecule has 0 aliphatic carbocycles. The number of nitrogens with zero attached hydrogens (tertiary/aromatic N) is 4. The Kier molecular flexibility index (Phi) is 3.05. The molecule has 18 heavy (non-hydrogen) atoms. The van der Waals surface area contributed by atoms with Gasteiger partial charge < -0.3 is 15.4 Å². The van der Waals surface area contributed by atoms with Crippen molar-refractivity contribution in [1.82, 2.24) is 18.7 Å². The Morgan fingerprint density at radius 3 is 2.67 bits per heavy atom. The second-order valence-corrected chi connectivity index (χ2v) is 4.16. The Bertz CT molecular complexity index is 696. The number of imidazole rings is 1. The average molecular weight is 253 g/mol. The minimum absolute atomic E-state index is 0.0890. The van der Waals surface area contributed by atoms with Gasteiger partial charge in [0.25, 0.3) is 5.56 Å². The first-order valence-electron chi connectivity index (χ1n) is 5.46. The van der Waals surface area contributed by atoms with Crippen molar-refractivity contribution in [3.63, 3.8) is 0 Å². The summed E-state index contributed by atoms with van der Waals surface area (Å²) in [5.74, 6) is 0. The van der Waals surface area contributed by atoms with Crippen LogP contribution in [0.5, 0.6) is 0 Å². The van der Waals surface area contributed by atoms with E-state index in [1.165, 1.54) is 22.5 Å². The summed E-state index contributed by atoms with van der Waals surface area (Å²) in [5.41, 5.74) is 5.05. The van der Waals surface area contributed by atoms with Crippen molar-refractivity contribution in [2.24, 2.45) is 19.8 Å². The van der Waals surface area contributed by atoms with Gasteiger partial charge in [-0.25, -0.2) is 9.78 Å². The molecule has 3 N–H and O–H groups in total. The van der Waals surface area contributed by atoms with Crippen LogP contribution in [-0.4, -0.2) is 36.4 Å². The third-order valence-corrected chi connectivity index (χ3v) is 2.90. The van der Waals surface area contributed by atoms with Crippen LogP contribution >= 0.6 is 0 Å². The molecular formula is C10H15N5O3. The molecule has 2 aromatic rings. The monoisotopic (exact) mass is 253 g/mol. The lowest BCUT2D eigenvalue weighted by Crippen LogP contribution is -2.38. The second-order valence-electron chi connectivity index (χ2n) is 4.16. The summed E-state index contributed by atoms with van der Waals surface area (Å²) >= 11 is 0. The van der Waals surface area contributed by atoms with Crippen molar-refractivity contribution >= 4 is 11.2 Å². The van der Waals surface area contributed by atoms with Crippen LogP contribution in [0.2, 0.25) is 0 Å². The van der Waals surface area contributed by atoms with E-state index in [9.17, 15) is 14.7 Å². The van der Waals surface area contributed by atoms with Gasteiger partial charge in [0.15, 0.2) is 11.2 Å². The summed E-state index contributed by atoms with van der Waals surface area (Å²) < 4.78 is 3.81. The molecule has 8 nitrogen and oxygen atoms in total. The Morgan fingerprint density at radius 1 is 1.39 bits per heavy atom. The molecular weight excluding hydrogens is 238 g/mol. The highest BCUT2D eigenvalue weighted by Gasteiger charge is 2.15. The fourth-order valence-corrected chi connectivity index (χ4v) is 1.84. The number of aliphatic hydroxyl groups excluding tert-OH is 1. The number of aliphatic hydroxyl groups is 1. The molecule has 2 aromatic heterocycles. The van der Waals surface area contributed by atoms with Crippen molar-refractivity contribution in [3.8, 4) is 0 Å². The quantitative estimate of drug-likeness (QED) is 0.642. The van der Waals surface area contributed by atoms with E-state index in [4.69, 9.17) is 5.73 Å². The van der Waals surface area contributed by atoms with Gasteiger partial charge >= 0.3 is 5.69 Å². The van der Waals surface area contributed by atoms with Gasteiger partial charge in [-0.05, 0) is 0 Å². The van der Waals surface area contributed by atoms with E-state index in [0.717, 1.165) is 4.57 Å². The molecule has 1 atom stereocenters. The topological polar surface area (TPSA) is 108 Å². The van der Waals surface area contributed by atoms with E-state index in [-0.39, 0.29) is 18.6 Å². The molecule has 0 amide bonds. The third kappa shape index (κ3) is 1.75. The van der Waals surface area contributed by atoms with Gasteiger partial charge in [0.1, 0.15) is 0 Å². The second kappa shape index (κ2) is 4.39. The lowest BCUT2D eigenvalue weighted by atomic mass is 10.3. The molecule has 0 aliphatic heterocycles. The smallest absolute Gasteiger partial charge is 0.332 e. The predicted molar refractivity (Wildman–Crippen MR) is 65.3 cm³/mol. The molecule has 0 saturated carbocycles. The largest absolute Gasteiger partial charge is 0.390 e. The molecule has 0 aliphatic rings. The number of hydrogen-bond acceptors (Lipinski definition) is 5. The Hall–Kier alpha value is -1.93. The number of rotatable bonds is 3. The fraction of sp³-hybridized carbons (Fsp3) is 0.500. The molecule has 0 fully saturated rings. The SMILES string of the molecule is Cn1c(=O)c2c(ncn2C[C@H](O)CN)n(C)c1=O. The zero-order valence-corrected chi connectivity index (χ0v) is 10.2. The maximum atomic E-state index is 12.0. The van der Waals surface area contributed by atoms with Crippen molar-refractivity contribution < 1.29 is 5.11 Å². The van der Waals surface area contributed by atoms with Crippen LogP contribution in [0.25, 0.3) is 11.2 Å². The van der Waals surface area contributed by atoms with E-state index >= 15 is 0 Å². The number of aromatic nitrogens is 4. The lowest BCUT2D eigenvalue weighted by molar-refractivity contribution is 0.163. The first kappa shape index (κ1) is 12.5. The minimum Gasteiger partial charge on any atom is -0.390 e. The molecule has 2 rings (SSSR count). The van der Waals surface area contributed by atoms with Crippen LogP contribution in [-0.2, 0) is 20.6 Å². The van der Waals surface area contributed by atoms with E-state index < -0.39 is 17.4 Å². The zero-order valence-electron chi connectivity index (χ0n) is 10.2. The molecule has 0 saturated heterocycles. The van der Waals surface area contributed by atoms with Gasteiger partial charge in [-0.2, -0.15) is 0 Å². The van der Waals surface area contributed by atoms with Crippen LogP contribution in [0.15, 0.2) is 15.9 Å². The Labute approximate surface area is 102 Å². The summed E-state index contributed by atoms with van der Waals surface area (Å²) in [6, 6.07) is 0. The zero-order chi connectivity index (χ0) is 13.4. The Balaban J connectivity index is 2.74. The first-order valence-corrected chi connectivity index (χ1v) is 5.46. The van der Waals surface area contributed by atoms with Gasteiger partial charge in [0.05, 0.1) is 19.0 Å². The number of nitrogens with two attached hydrogens (primary N) is 1. The van der Waals surface area contributed by atoms with Crippen LogP contribution in [0.1, 0.15) is 0 Å². The maximum Gasteiger partial charge on any atom is 0.332 e. The summed E-state index contributed by atoms with van der Waals surface area (Å²) in [7, 11) is 2.95. The van der Waals surface area contributed by atoms with Crippen molar-refractivity contribution in [2.75, 3.05) is 6.54 Å². The van der Waals surface area contributed by atoms with E-state index in [1.54, 1.807) is 7.05 Å². The van der Waals surface area contributed by atoms with Crippen molar-refractivity contribution in [1.29, 1.82) is 0 Å². The van der Waals surface area contributed by atoms with Crippen molar-refractivity contribution in [2.45, 2.75) is 12.6 Å². The maximum absolute atomic E-state index is 12.0. The molecule has 2 heterocycles. The highest BCUT2D eigenvalue weighted by atomic mass is 16.3. The van der Waals surface area contributed by atoms with Crippen LogP contribution in [0, 0.1) is 0 Å². The molecule has 0 aromatic carbocycles. The first-order chi connectivity index (χ1) is 8.47. The number of fused-ring (bicyclic) bond motifs is 1. The third-order valence-electron chi connectivity index (χ3n) is 2.90. The summed E-state index contributed by atoms with van der Waals surface area (Å²) in [6.45, 7) is 0.256. The number of hydrogen-bond donors (Lipinski definition) is 2. The van der Waals surface area contributed by atoms with E-state index in [2.05, 4.69) is 4.98 Å². The van der Waals surface area contributed by atoms with E-state index in [1.807, 2.05) is 0 Å². The van der Waals surface area contributed by atoms with Gasteiger partial charge in [-0.15, -0.1) is 0 Å². The van der Waals surface area contributed by atoms with Gasteiger partial charge in [-0.3, -0.25) is 13.9 Å². The Morgan fingerprint density at radius 2 is 2.06 bits per heavy atom. The molecule has 0 spiro atoms. The molecule has 0 bridgehead atoms. The average Bonchev–Trinajstić information content (AvgIpc) is 2.77. The predicted octanol–water partition coefficient (Wildman–Crippen LogP) is -2.25. The van der Waals surface area contributed by atoms with Gasteiger partial charge in [0.2, 0.25) is 0 Å². The highest BCUT2D eigenvalue weighted by Crippen LogP contribution is 2.05. The highest BCUT2D eigenvalue weighted by molar-refractivity contribution is 5.69. The van der Waals surface area contributed by atoms with E-state index in [0.29, 0.717) is 5.65 Å². The van der Waals surface area contributed by atoms with Crippen molar-refractivity contribution in [3.05, 3.63) is 27.2 Å². The van der Waals surface area contributed by atoms with Crippen LogP contribution in [0.4, 0.5) is 0 Å². The minimum atomic E-state index is -0.760. The standard InChI is InChI=1S/C10H15N5O3/c1-13-8-7(9(17)14(2)10(13)18)15(5-12-8)4-6(16)3-11/h5-6,16H,3-4,11H2,1-2H3/t6-/m1/s1. The fourth-order valence-electron chi connectivity index (χ4n) is 1.84. The summed E-state index contributed by atoms with van der Waals surface area (Å²) in [6.07, 6.45) is 0.661. The van der Waals surface area contributed by atoms with Gasteiger partial charge in [0, 0.05) is 20.6 Å². The molecule has 8 heteroatoms. The molecule has 0 radical (unpaired) electrons. The molecule has 98 valence electrons. The molecule has 0 unspecified atom stereocenters. The lowest BCUT2D eigenvalue weighted by Gasteiger charge is -2.09. The number of aryl methyl sites for hydroxylation is 1. The van der Waals surface area contributed by atoms with Crippen LogP contribution < -0.4 is 17.0 Å². The van der Waals surface area contributed by atoms with Crippen LogP contribution in [0.3, 0.4) is 0 Å². The normalized spacial score (nSPS) is 13.1. The summed E-state index contributed by atoms with van der Waals surface area (Å²) in [4.78, 5) is 27.8. The summed E-state index contributed by atoms with van der Waals surface area (Å²) in [5, 5.41) is 9.52. The van der Waals surface area contributed by atoms with Gasteiger partial charge in [-0.1, -0.05) is 0 Å².